The van der Waals surface area contributed by atoms with Crippen molar-refractivity contribution >= 4 is 6.03 Å². The maximum absolute atomic E-state index is 11.9. The first-order valence-corrected chi connectivity index (χ1v) is 8.10. The molecule has 2 amide bonds. The lowest BCUT2D eigenvalue weighted by atomic mass is 10.1. The van der Waals surface area contributed by atoms with E-state index < -0.39 is 0 Å². The lowest BCUT2D eigenvalue weighted by molar-refractivity contribution is 0.184. The zero-order chi connectivity index (χ0) is 14.5. The van der Waals surface area contributed by atoms with Gasteiger partial charge in [-0.1, -0.05) is 6.07 Å². The number of likely N-dealkylation sites (tertiary alicyclic amines) is 1. The van der Waals surface area contributed by atoms with E-state index in [2.05, 4.69) is 17.4 Å². The first kappa shape index (κ1) is 14.2. The van der Waals surface area contributed by atoms with Crippen molar-refractivity contribution in [3.8, 4) is 5.75 Å². The molecule has 2 aliphatic rings. The second-order valence-electron chi connectivity index (χ2n) is 5.91. The Morgan fingerprint density at radius 1 is 1.10 bits per heavy atom. The molecule has 0 spiro atoms. The summed E-state index contributed by atoms with van der Waals surface area (Å²) in [7, 11) is 0. The van der Waals surface area contributed by atoms with Crippen LogP contribution in [-0.4, -0.2) is 37.2 Å². The van der Waals surface area contributed by atoms with Crippen LogP contribution in [0, 0.1) is 0 Å². The Bertz CT molecular complexity index is 496. The maximum atomic E-state index is 11.9. The minimum absolute atomic E-state index is 0.0484. The molecule has 1 aliphatic heterocycles. The van der Waals surface area contributed by atoms with Crippen LogP contribution in [0.5, 0.6) is 5.75 Å². The minimum atomic E-state index is 0.0484. The third-order valence-corrected chi connectivity index (χ3v) is 4.36. The fraction of sp³-hybridized carbons (Fsp3) is 0.588. The zero-order valence-corrected chi connectivity index (χ0v) is 12.6. The molecule has 1 saturated heterocycles. The van der Waals surface area contributed by atoms with Crippen LogP contribution >= 0.6 is 0 Å². The van der Waals surface area contributed by atoms with E-state index in [4.69, 9.17) is 4.74 Å². The predicted octanol–water partition coefficient (Wildman–Crippen LogP) is 2.75. The van der Waals surface area contributed by atoms with E-state index in [9.17, 15) is 4.79 Å². The average molecular weight is 288 g/mol. The van der Waals surface area contributed by atoms with Gasteiger partial charge in [-0.25, -0.2) is 4.79 Å². The average Bonchev–Trinajstić information content (AvgIpc) is 3.00. The number of nitrogens with zero attached hydrogens (tertiary/aromatic N) is 1. The molecule has 0 unspecified atom stereocenters. The van der Waals surface area contributed by atoms with E-state index in [0.29, 0.717) is 13.2 Å². The van der Waals surface area contributed by atoms with Crippen molar-refractivity contribution in [1.82, 2.24) is 10.2 Å². The van der Waals surface area contributed by atoms with Crippen LogP contribution in [0.15, 0.2) is 18.2 Å². The van der Waals surface area contributed by atoms with Gasteiger partial charge in [-0.2, -0.15) is 0 Å². The summed E-state index contributed by atoms with van der Waals surface area (Å²) in [6, 6.07) is 6.40. The van der Waals surface area contributed by atoms with Gasteiger partial charge in [0.1, 0.15) is 12.4 Å². The highest BCUT2D eigenvalue weighted by atomic mass is 16.5. The molecule has 1 aliphatic carbocycles. The van der Waals surface area contributed by atoms with Gasteiger partial charge >= 0.3 is 6.03 Å². The number of urea groups is 1. The monoisotopic (exact) mass is 288 g/mol. The first-order chi connectivity index (χ1) is 10.3. The Morgan fingerprint density at radius 2 is 1.90 bits per heavy atom. The van der Waals surface area contributed by atoms with Gasteiger partial charge in [-0.3, -0.25) is 0 Å². The molecule has 0 atom stereocenters. The summed E-state index contributed by atoms with van der Waals surface area (Å²) in [5.74, 6) is 0.919. The number of hydrogen-bond acceptors (Lipinski definition) is 2. The van der Waals surface area contributed by atoms with E-state index in [1.807, 2.05) is 11.0 Å². The van der Waals surface area contributed by atoms with E-state index in [0.717, 1.165) is 38.1 Å². The molecule has 4 nitrogen and oxygen atoms in total. The molecule has 21 heavy (non-hydrogen) atoms. The summed E-state index contributed by atoms with van der Waals surface area (Å²) in [6.45, 7) is 2.86. The molecule has 1 heterocycles. The fourth-order valence-corrected chi connectivity index (χ4v) is 3.17. The smallest absolute Gasteiger partial charge is 0.317 e. The molecular weight excluding hydrogens is 264 g/mol. The number of nitrogens with one attached hydrogen (secondary N) is 1. The Morgan fingerprint density at radius 3 is 2.76 bits per heavy atom. The van der Waals surface area contributed by atoms with E-state index in [1.54, 1.807) is 0 Å². The van der Waals surface area contributed by atoms with Crippen molar-refractivity contribution in [2.75, 3.05) is 26.2 Å². The molecule has 1 aromatic carbocycles. The van der Waals surface area contributed by atoms with Gasteiger partial charge in [-0.05, 0) is 61.8 Å². The molecule has 4 heteroatoms. The third-order valence-electron chi connectivity index (χ3n) is 4.36. The van der Waals surface area contributed by atoms with Crippen molar-refractivity contribution in [1.29, 1.82) is 0 Å². The molecule has 0 saturated carbocycles. The van der Waals surface area contributed by atoms with Gasteiger partial charge in [0.15, 0.2) is 0 Å². The van der Waals surface area contributed by atoms with Crippen LogP contribution in [0.3, 0.4) is 0 Å². The van der Waals surface area contributed by atoms with Crippen molar-refractivity contribution in [2.24, 2.45) is 0 Å². The summed E-state index contributed by atoms with van der Waals surface area (Å²) in [6.07, 6.45) is 7.10. The van der Waals surface area contributed by atoms with Gasteiger partial charge in [0.05, 0.1) is 6.54 Å². The zero-order valence-electron chi connectivity index (χ0n) is 12.6. The van der Waals surface area contributed by atoms with E-state index >= 15 is 0 Å². The van der Waals surface area contributed by atoms with Crippen LogP contribution in [-0.2, 0) is 12.8 Å². The summed E-state index contributed by atoms with van der Waals surface area (Å²) in [5, 5.41) is 2.94. The van der Waals surface area contributed by atoms with Gasteiger partial charge in [0, 0.05) is 13.1 Å². The first-order valence-electron chi connectivity index (χ1n) is 8.10. The van der Waals surface area contributed by atoms with Crippen molar-refractivity contribution in [2.45, 2.75) is 38.5 Å². The van der Waals surface area contributed by atoms with Crippen LogP contribution < -0.4 is 10.1 Å². The highest BCUT2D eigenvalue weighted by molar-refractivity contribution is 5.74. The van der Waals surface area contributed by atoms with Crippen molar-refractivity contribution in [3.63, 3.8) is 0 Å². The SMILES string of the molecule is O=C(NCCOc1ccc2c(c1)CCC2)N1CCCCC1. The molecule has 1 N–H and O–H groups in total. The number of rotatable bonds is 4. The third kappa shape index (κ3) is 3.69. The molecule has 0 aromatic heterocycles. The summed E-state index contributed by atoms with van der Waals surface area (Å²) in [5.41, 5.74) is 2.88. The lowest BCUT2D eigenvalue weighted by Crippen LogP contribution is -2.43. The van der Waals surface area contributed by atoms with Crippen LogP contribution in [0.25, 0.3) is 0 Å². The second-order valence-corrected chi connectivity index (χ2v) is 5.91. The lowest BCUT2D eigenvalue weighted by Gasteiger charge is -2.26. The number of aryl methyl sites for hydroxylation is 2. The standard InChI is InChI=1S/C17H24N2O2/c20-17(19-10-2-1-3-11-19)18-9-12-21-16-8-7-14-5-4-6-15(14)13-16/h7-8,13H,1-6,9-12H2,(H,18,20). The van der Waals surface area contributed by atoms with Gasteiger partial charge < -0.3 is 15.0 Å². The largest absolute Gasteiger partial charge is 0.492 e. The van der Waals surface area contributed by atoms with Gasteiger partial charge in [0.25, 0.3) is 0 Å². The number of benzene rings is 1. The van der Waals surface area contributed by atoms with Crippen LogP contribution in [0.1, 0.15) is 36.8 Å². The van der Waals surface area contributed by atoms with Crippen LogP contribution in [0.4, 0.5) is 4.79 Å². The molecule has 0 radical (unpaired) electrons. The van der Waals surface area contributed by atoms with Gasteiger partial charge in [-0.15, -0.1) is 0 Å². The quantitative estimate of drug-likeness (QED) is 0.866. The van der Waals surface area contributed by atoms with E-state index in [-0.39, 0.29) is 6.03 Å². The highest BCUT2D eigenvalue weighted by Crippen LogP contribution is 2.25. The molecule has 114 valence electrons. The Balaban J connectivity index is 1.39. The fourth-order valence-electron chi connectivity index (χ4n) is 3.17. The number of piperidine rings is 1. The van der Waals surface area contributed by atoms with Crippen molar-refractivity contribution < 1.29 is 9.53 Å². The van der Waals surface area contributed by atoms with Crippen molar-refractivity contribution in [3.05, 3.63) is 29.3 Å². The molecular formula is C17H24N2O2. The maximum Gasteiger partial charge on any atom is 0.317 e. The number of ether oxygens (including phenoxy) is 1. The second kappa shape index (κ2) is 6.83. The number of carbonyl (C=O) groups is 1. The van der Waals surface area contributed by atoms with Crippen LogP contribution in [0.2, 0.25) is 0 Å². The summed E-state index contributed by atoms with van der Waals surface area (Å²) >= 11 is 0. The number of fused-ring (bicyclic) bond motifs is 1. The molecule has 1 aromatic rings. The minimum Gasteiger partial charge on any atom is -0.492 e. The Kier molecular flexibility index (Phi) is 4.63. The normalized spacial score (nSPS) is 17.4. The highest BCUT2D eigenvalue weighted by Gasteiger charge is 2.15. The van der Waals surface area contributed by atoms with E-state index in [1.165, 1.54) is 30.4 Å². The molecule has 0 bridgehead atoms. The molecule has 3 rings (SSSR count). The predicted molar refractivity (Wildman–Crippen MR) is 82.8 cm³/mol. The summed E-state index contributed by atoms with van der Waals surface area (Å²) in [4.78, 5) is 13.8. The Labute approximate surface area is 126 Å². The molecule has 1 fully saturated rings. The number of hydrogen-bond donors (Lipinski definition) is 1. The Hall–Kier alpha value is -1.71. The number of amides is 2. The van der Waals surface area contributed by atoms with Gasteiger partial charge in [0.2, 0.25) is 0 Å². The topological polar surface area (TPSA) is 41.6 Å². The summed E-state index contributed by atoms with van der Waals surface area (Å²) < 4.78 is 5.74. The number of carbonyl (C=O) groups excluding carboxylic acids is 1.